The summed E-state index contributed by atoms with van der Waals surface area (Å²) in [4.78, 5) is 0. The molecular weight excluding hydrogens is 224 g/mol. The summed E-state index contributed by atoms with van der Waals surface area (Å²) in [5.74, 6) is 0.311. The molecule has 0 bridgehead atoms. The lowest BCUT2D eigenvalue weighted by molar-refractivity contribution is 0.470. The molecule has 0 saturated carbocycles. The van der Waals surface area contributed by atoms with Gasteiger partial charge in [0, 0.05) is 12.6 Å². The van der Waals surface area contributed by atoms with Crippen LogP contribution in [0.5, 0.6) is 0 Å². The van der Waals surface area contributed by atoms with Gasteiger partial charge >= 0.3 is 0 Å². The van der Waals surface area contributed by atoms with E-state index in [4.69, 9.17) is 0 Å². The van der Waals surface area contributed by atoms with Crippen LogP contribution in [0.25, 0.3) is 0 Å². The van der Waals surface area contributed by atoms with Gasteiger partial charge in [0.25, 0.3) is 0 Å². The first kappa shape index (κ1) is 15.9. The highest BCUT2D eigenvalue weighted by molar-refractivity contribution is 7.90. The zero-order valence-electron chi connectivity index (χ0n) is 11.1. The molecule has 4 nitrogen and oxygen atoms in total. The van der Waals surface area contributed by atoms with Crippen molar-refractivity contribution in [3.63, 3.8) is 0 Å². The molecule has 0 aromatic rings. The summed E-state index contributed by atoms with van der Waals surface area (Å²) >= 11 is 0. The normalized spacial score (nSPS) is 16.4. The number of nitrogens with one attached hydrogen (secondary N) is 2. The Morgan fingerprint density at radius 3 is 2.12 bits per heavy atom. The van der Waals surface area contributed by atoms with Gasteiger partial charge in [0.2, 0.25) is 10.0 Å². The van der Waals surface area contributed by atoms with Gasteiger partial charge in [-0.05, 0) is 32.7 Å². The summed E-state index contributed by atoms with van der Waals surface area (Å²) in [5, 5.41) is 2.74. The Kier molecular flexibility index (Phi) is 7.19. The first-order valence-corrected chi connectivity index (χ1v) is 7.57. The molecule has 0 aromatic heterocycles. The minimum Gasteiger partial charge on any atom is -0.315 e. The number of sulfonamides is 1. The quantitative estimate of drug-likeness (QED) is 0.639. The summed E-state index contributed by atoms with van der Waals surface area (Å²) < 4.78 is 26.5. The molecule has 0 aliphatic rings. The zero-order valence-corrected chi connectivity index (χ0v) is 11.9. The van der Waals surface area contributed by atoms with Crippen LogP contribution in [0.3, 0.4) is 0 Å². The summed E-state index contributed by atoms with van der Waals surface area (Å²) in [5.41, 5.74) is 0. The number of hydrogen-bond acceptors (Lipinski definition) is 3. The molecule has 0 heterocycles. The molecule has 0 aliphatic heterocycles. The molecule has 2 unspecified atom stereocenters. The Labute approximate surface area is 100 Å². The fourth-order valence-electron chi connectivity index (χ4n) is 1.10. The Morgan fingerprint density at radius 1 is 1.12 bits per heavy atom. The number of rotatable bonds is 8. The van der Waals surface area contributed by atoms with E-state index in [1.807, 2.05) is 20.8 Å². The molecule has 0 fully saturated rings. The molecule has 16 heavy (non-hydrogen) atoms. The predicted molar refractivity (Wildman–Crippen MR) is 69.0 cm³/mol. The SMILES string of the molecule is CCCNCC(C)S(=O)(=O)NC(C)C(C)C. The van der Waals surface area contributed by atoms with Crippen LogP contribution >= 0.6 is 0 Å². The van der Waals surface area contributed by atoms with E-state index in [2.05, 4.69) is 17.0 Å². The van der Waals surface area contributed by atoms with Gasteiger partial charge in [0.05, 0.1) is 5.25 Å². The van der Waals surface area contributed by atoms with Gasteiger partial charge in [-0.3, -0.25) is 0 Å². The number of hydrogen-bond donors (Lipinski definition) is 2. The second kappa shape index (κ2) is 7.25. The molecule has 0 aromatic carbocycles. The Hall–Kier alpha value is -0.130. The van der Waals surface area contributed by atoms with Crippen molar-refractivity contribution in [3.8, 4) is 0 Å². The monoisotopic (exact) mass is 250 g/mol. The van der Waals surface area contributed by atoms with Crippen LogP contribution in [0.15, 0.2) is 0 Å². The standard InChI is InChI=1S/C11H26N2O2S/c1-6-7-12-8-10(4)16(14,15)13-11(5)9(2)3/h9-13H,6-8H2,1-5H3. The highest BCUT2D eigenvalue weighted by Gasteiger charge is 2.23. The van der Waals surface area contributed by atoms with Gasteiger partial charge in [-0.15, -0.1) is 0 Å². The second-order valence-corrected chi connectivity index (χ2v) is 6.84. The van der Waals surface area contributed by atoms with Crippen LogP contribution in [-0.4, -0.2) is 32.8 Å². The summed E-state index contributed by atoms with van der Waals surface area (Å²) in [6.45, 7) is 11.1. The van der Waals surface area contributed by atoms with Crippen molar-refractivity contribution in [3.05, 3.63) is 0 Å². The van der Waals surface area contributed by atoms with Crippen LogP contribution in [0.1, 0.15) is 41.0 Å². The molecule has 0 spiro atoms. The summed E-state index contributed by atoms with van der Waals surface area (Å²) in [7, 11) is -3.20. The lowest BCUT2D eigenvalue weighted by Gasteiger charge is -2.21. The third kappa shape index (κ3) is 5.82. The van der Waals surface area contributed by atoms with Gasteiger partial charge in [0.15, 0.2) is 0 Å². The lowest BCUT2D eigenvalue weighted by Crippen LogP contribution is -2.44. The third-order valence-electron chi connectivity index (χ3n) is 2.74. The third-order valence-corrected chi connectivity index (χ3v) is 4.66. The molecule has 2 N–H and O–H groups in total. The zero-order chi connectivity index (χ0) is 12.8. The van der Waals surface area contributed by atoms with Gasteiger partial charge in [0.1, 0.15) is 0 Å². The van der Waals surface area contributed by atoms with Crippen molar-refractivity contribution >= 4 is 10.0 Å². The Morgan fingerprint density at radius 2 is 1.69 bits per heavy atom. The molecule has 0 aliphatic carbocycles. The van der Waals surface area contributed by atoms with Crippen molar-refractivity contribution in [2.75, 3.05) is 13.1 Å². The van der Waals surface area contributed by atoms with Crippen molar-refractivity contribution < 1.29 is 8.42 Å². The molecule has 0 saturated heterocycles. The Bertz CT molecular complexity index is 276. The van der Waals surface area contributed by atoms with Crippen molar-refractivity contribution in [2.45, 2.75) is 52.3 Å². The van der Waals surface area contributed by atoms with E-state index in [0.717, 1.165) is 13.0 Å². The van der Waals surface area contributed by atoms with Crippen LogP contribution in [0.2, 0.25) is 0 Å². The molecule has 2 atom stereocenters. The van der Waals surface area contributed by atoms with E-state index in [0.29, 0.717) is 12.5 Å². The first-order chi connectivity index (χ1) is 7.31. The first-order valence-electron chi connectivity index (χ1n) is 6.03. The largest absolute Gasteiger partial charge is 0.315 e. The smallest absolute Gasteiger partial charge is 0.215 e. The van der Waals surface area contributed by atoms with E-state index in [1.165, 1.54) is 0 Å². The van der Waals surface area contributed by atoms with Crippen LogP contribution in [-0.2, 0) is 10.0 Å². The fraction of sp³-hybridized carbons (Fsp3) is 1.00. The van der Waals surface area contributed by atoms with E-state index in [-0.39, 0.29) is 11.3 Å². The maximum absolute atomic E-state index is 11.9. The molecular formula is C11H26N2O2S. The molecule has 0 amide bonds. The summed E-state index contributed by atoms with van der Waals surface area (Å²) in [6, 6.07) is -0.0152. The molecule has 0 rings (SSSR count). The molecule has 5 heteroatoms. The maximum Gasteiger partial charge on any atom is 0.215 e. The topological polar surface area (TPSA) is 58.2 Å². The second-order valence-electron chi connectivity index (χ2n) is 4.71. The highest BCUT2D eigenvalue weighted by Crippen LogP contribution is 2.05. The van der Waals surface area contributed by atoms with Gasteiger partial charge in [-0.1, -0.05) is 20.8 Å². The minimum absolute atomic E-state index is 0.0152. The van der Waals surface area contributed by atoms with Crippen LogP contribution in [0, 0.1) is 5.92 Å². The average molecular weight is 250 g/mol. The van der Waals surface area contributed by atoms with Crippen molar-refractivity contribution in [1.82, 2.24) is 10.0 Å². The fourth-order valence-corrected chi connectivity index (χ4v) is 2.46. The minimum atomic E-state index is -3.20. The van der Waals surface area contributed by atoms with E-state index in [9.17, 15) is 8.42 Å². The highest BCUT2D eigenvalue weighted by atomic mass is 32.2. The van der Waals surface area contributed by atoms with Gasteiger partial charge in [-0.25, -0.2) is 13.1 Å². The molecule has 0 radical (unpaired) electrons. The van der Waals surface area contributed by atoms with Gasteiger partial charge in [-0.2, -0.15) is 0 Å². The van der Waals surface area contributed by atoms with Crippen molar-refractivity contribution in [1.29, 1.82) is 0 Å². The van der Waals surface area contributed by atoms with E-state index < -0.39 is 10.0 Å². The van der Waals surface area contributed by atoms with Crippen LogP contribution < -0.4 is 10.0 Å². The predicted octanol–water partition coefficient (Wildman–Crippen LogP) is 1.34. The molecule has 98 valence electrons. The summed E-state index contributed by atoms with van der Waals surface area (Å²) in [6.07, 6.45) is 1.02. The lowest BCUT2D eigenvalue weighted by atomic mass is 10.1. The average Bonchev–Trinajstić information content (AvgIpc) is 2.17. The van der Waals surface area contributed by atoms with E-state index >= 15 is 0 Å². The van der Waals surface area contributed by atoms with Crippen molar-refractivity contribution in [2.24, 2.45) is 5.92 Å². The van der Waals surface area contributed by atoms with Gasteiger partial charge < -0.3 is 5.32 Å². The Balaban J connectivity index is 4.21. The van der Waals surface area contributed by atoms with Crippen LogP contribution in [0.4, 0.5) is 0 Å². The van der Waals surface area contributed by atoms with E-state index in [1.54, 1.807) is 6.92 Å². The maximum atomic E-state index is 11.9.